The first-order chi connectivity index (χ1) is 10.6. The summed E-state index contributed by atoms with van der Waals surface area (Å²) in [6, 6.07) is 5.04. The molecule has 1 aromatic rings. The predicted octanol–water partition coefficient (Wildman–Crippen LogP) is 3.41. The SMILES string of the molecule is CC1=CC(C2CCN(Cc3cccc(F)n3)CC2)C=CN1C. The van der Waals surface area contributed by atoms with Crippen LogP contribution in [-0.2, 0) is 6.54 Å². The molecule has 3 heterocycles. The first-order valence-corrected chi connectivity index (χ1v) is 8.05. The number of nitrogens with zero attached hydrogens (tertiary/aromatic N) is 3. The number of pyridine rings is 1. The van der Waals surface area contributed by atoms with Crippen LogP contribution in [0.2, 0.25) is 0 Å². The van der Waals surface area contributed by atoms with E-state index in [9.17, 15) is 4.39 Å². The van der Waals surface area contributed by atoms with Crippen molar-refractivity contribution in [1.29, 1.82) is 0 Å². The van der Waals surface area contributed by atoms with Crippen molar-refractivity contribution < 1.29 is 4.39 Å². The third-order valence-electron chi connectivity index (χ3n) is 4.86. The van der Waals surface area contributed by atoms with Gasteiger partial charge in [-0.2, -0.15) is 4.39 Å². The second-order valence-corrected chi connectivity index (χ2v) is 6.40. The molecule has 1 aromatic heterocycles. The maximum atomic E-state index is 13.1. The number of halogens is 1. The Morgan fingerprint density at radius 2 is 2.05 bits per heavy atom. The monoisotopic (exact) mass is 301 g/mol. The molecule has 4 heteroatoms. The highest BCUT2D eigenvalue weighted by Crippen LogP contribution is 2.30. The number of hydrogen-bond acceptors (Lipinski definition) is 3. The van der Waals surface area contributed by atoms with Gasteiger partial charge in [0.05, 0.1) is 5.69 Å². The molecule has 3 rings (SSSR count). The maximum Gasteiger partial charge on any atom is 0.213 e. The van der Waals surface area contributed by atoms with E-state index in [0.717, 1.165) is 31.2 Å². The average Bonchev–Trinajstić information content (AvgIpc) is 2.51. The van der Waals surface area contributed by atoms with Crippen LogP contribution in [0.5, 0.6) is 0 Å². The molecular formula is C18H24FN3. The summed E-state index contributed by atoms with van der Waals surface area (Å²) in [5.74, 6) is 0.895. The minimum atomic E-state index is -0.385. The molecule has 1 atom stereocenters. The molecule has 22 heavy (non-hydrogen) atoms. The van der Waals surface area contributed by atoms with Crippen LogP contribution in [-0.4, -0.2) is 34.9 Å². The molecule has 3 nitrogen and oxygen atoms in total. The van der Waals surface area contributed by atoms with Gasteiger partial charge in [0.2, 0.25) is 5.95 Å². The van der Waals surface area contributed by atoms with Crippen LogP contribution in [0.4, 0.5) is 4.39 Å². The van der Waals surface area contributed by atoms with Gasteiger partial charge in [0.25, 0.3) is 0 Å². The Kier molecular flexibility index (Phi) is 4.57. The van der Waals surface area contributed by atoms with Gasteiger partial charge in [0.15, 0.2) is 0 Å². The summed E-state index contributed by atoms with van der Waals surface area (Å²) in [4.78, 5) is 8.51. The first kappa shape index (κ1) is 15.2. The van der Waals surface area contributed by atoms with E-state index >= 15 is 0 Å². The van der Waals surface area contributed by atoms with E-state index in [4.69, 9.17) is 0 Å². The summed E-state index contributed by atoms with van der Waals surface area (Å²) >= 11 is 0. The fraction of sp³-hybridized carbons (Fsp3) is 0.500. The zero-order chi connectivity index (χ0) is 15.5. The minimum Gasteiger partial charge on any atom is -0.355 e. The standard InChI is InChI=1S/C18H24FN3/c1-14-12-16(6-9-21(14)2)15-7-10-22(11-8-15)13-17-4-3-5-18(19)20-17/h3-6,9,12,15-16H,7-8,10-11,13H2,1-2H3. The molecule has 0 aliphatic carbocycles. The fourth-order valence-corrected chi connectivity index (χ4v) is 3.35. The Balaban J connectivity index is 1.53. The molecule has 0 aromatic carbocycles. The molecule has 0 radical (unpaired) electrons. The molecule has 1 fully saturated rings. The summed E-state index contributed by atoms with van der Waals surface area (Å²) < 4.78 is 13.1. The topological polar surface area (TPSA) is 19.4 Å². The van der Waals surface area contributed by atoms with Crippen molar-refractivity contribution >= 4 is 0 Å². The van der Waals surface area contributed by atoms with Crippen molar-refractivity contribution in [3.63, 3.8) is 0 Å². The molecule has 0 spiro atoms. The number of rotatable bonds is 3. The van der Waals surface area contributed by atoms with Gasteiger partial charge in [-0.1, -0.05) is 18.2 Å². The van der Waals surface area contributed by atoms with E-state index in [1.807, 2.05) is 6.07 Å². The van der Waals surface area contributed by atoms with Gasteiger partial charge in [-0.3, -0.25) is 4.90 Å². The van der Waals surface area contributed by atoms with Crippen LogP contribution in [0.15, 0.2) is 42.2 Å². The molecule has 0 N–H and O–H groups in total. The smallest absolute Gasteiger partial charge is 0.213 e. The van der Waals surface area contributed by atoms with Crippen molar-refractivity contribution in [3.05, 3.63) is 53.9 Å². The Labute approximate surface area is 132 Å². The predicted molar refractivity (Wildman–Crippen MR) is 86.3 cm³/mol. The zero-order valence-electron chi connectivity index (χ0n) is 13.4. The molecule has 1 saturated heterocycles. The van der Waals surface area contributed by atoms with Crippen LogP contribution in [0, 0.1) is 17.8 Å². The van der Waals surface area contributed by atoms with Gasteiger partial charge in [-0.15, -0.1) is 0 Å². The molecule has 0 amide bonds. The maximum absolute atomic E-state index is 13.1. The normalized spacial score (nSPS) is 23.7. The van der Waals surface area contributed by atoms with E-state index in [2.05, 4.69) is 47.1 Å². The molecule has 1 unspecified atom stereocenters. The van der Waals surface area contributed by atoms with Crippen LogP contribution >= 0.6 is 0 Å². The Morgan fingerprint density at radius 3 is 2.73 bits per heavy atom. The van der Waals surface area contributed by atoms with Crippen molar-refractivity contribution in [2.75, 3.05) is 20.1 Å². The molecule has 0 saturated carbocycles. The van der Waals surface area contributed by atoms with Crippen LogP contribution < -0.4 is 0 Å². The van der Waals surface area contributed by atoms with E-state index in [-0.39, 0.29) is 5.95 Å². The summed E-state index contributed by atoms with van der Waals surface area (Å²) in [6.45, 7) is 5.05. The van der Waals surface area contributed by atoms with E-state index in [1.165, 1.54) is 24.6 Å². The molecule has 2 aliphatic heterocycles. The third kappa shape index (κ3) is 3.55. The van der Waals surface area contributed by atoms with Crippen LogP contribution in [0.25, 0.3) is 0 Å². The Bertz CT molecular complexity index is 573. The van der Waals surface area contributed by atoms with Gasteiger partial charge < -0.3 is 4.90 Å². The first-order valence-electron chi connectivity index (χ1n) is 8.05. The van der Waals surface area contributed by atoms with Crippen molar-refractivity contribution in [3.8, 4) is 0 Å². The highest BCUT2D eigenvalue weighted by Gasteiger charge is 2.25. The summed E-state index contributed by atoms with van der Waals surface area (Å²) in [5.41, 5.74) is 2.16. The van der Waals surface area contributed by atoms with Crippen molar-refractivity contribution in [1.82, 2.24) is 14.8 Å². The lowest BCUT2D eigenvalue weighted by molar-refractivity contribution is 0.161. The summed E-state index contributed by atoms with van der Waals surface area (Å²) in [6.07, 6.45) is 9.27. The van der Waals surface area contributed by atoms with E-state index in [0.29, 0.717) is 5.92 Å². The fourth-order valence-electron chi connectivity index (χ4n) is 3.35. The third-order valence-corrected chi connectivity index (χ3v) is 4.86. The summed E-state index contributed by atoms with van der Waals surface area (Å²) in [7, 11) is 2.09. The van der Waals surface area contributed by atoms with E-state index < -0.39 is 0 Å². The van der Waals surface area contributed by atoms with Crippen molar-refractivity contribution in [2.24, 2.45) is 11.8 Å². The van der Waals surface area contributed by atoms with E-state index in [1.54, 1.807) is 6.07 Å². The zero-order valence-corrected chi connectivity index (χ0v) is 13.4. The molecule has 2 aliphatic rings. The van der Waals surface area contributed by atoms with Gasteiger partial charge in [0, 0.05) is 25.2 Å². The number of aromatic nitrogens is 1. The second kappa shape index (κ2) is 6.61. The number of likely N-dealkylation sites (tertiary alicyclic amines) is 1. The van der Waals surface area contributed by atoms with Gasteiger partial charge in [-0.25, -0.2) is 4.98 Å². The summed E-state index contributed by atoms with van der Waals surface area (Å²) in [5, 5.41) is 0. The van der Waals surface area contributed by atoms with Gasteiger partial charge in [-0.05, 0) is 57.1 Å². The lowest BCUT2D eigenvalue weighted by Gasteiger charge is -2.36. The van der Waals surface area contributed by atoms with Crippen LogP contribution in [0.1, 0.15) is 25.5 Å². The Hall–Kier alpha value is -1.68. The number of allylic oxidation sites excluding steroid dienone is 3. The van der Waals surface area contributed by atoms with Gasteiger partial charge in [0.1, 0.15) is 0 Å². The van der Waals surface area contributed by atoms with Gasteiger partial charge >= 0.3 is 0 Å². The van der Waals surface area contributed by atoms with Crippen molar-refractivity contribution in [2.45, 2.75) is 26.3 Å². The number of piperidine rings is 1. The number of hydrogen-bond donors (Lipinski definition) is 0. The largest absolute Gasteiger partial charge is 0.355 e. The Morgan fingerprint density at radius 1 is 1.27 bits per heavy atom. The minimum absolute atomic E-state index is 0.385. The average molecular weight is 301 g/mol. The highest BCUT2D eigenvalue weighted by molar-refractivity contribution is 5.15. The molecule has 118 valence electrons. The molecule has 0 bridgehead atoms. The quantitative estimate of drug-likeness (QED) is 0.798. The second-order valence-electron chi connectivity index (χ2n) is 6.40. The highest BCUT2D eigenvalue weighted by atomic mass is 19.1. The molecular weight excluding hydrogens is 277 g/mol. The lowest BCUT2D eigenvalue weighted by atomic mass is 9.82. The lowest BCUT2D eigenvalue weighted by Crippen LogP contribution is -2.36. The van der Waals surface area contributed by atoms with Crippen LogP contribution in [0.3, 0.4) is 0 Å².